The Morgan fingerprint density at radius 2 is 2.20 bits per heavy atom. The van der Waals surface area contributed by atoms with Gasteiger partial charge in [-0.15, -0.1) is 0 Å². The van der Waals surface area contributed by atoms with Gasteiger partial charge in [0.15, 0.2) is 0 Å². The van der Waals surface area contributed by atoms with Gasteiger partial charge in [0.2, 0.25) is 5.82 Å². The molecule has 0 bridgehead atoms. The minimum atomic E-state index is -0.955. The molecule has 0 saturated carbocycles. The van der Waals surface area contributed by atoms with Gasteiger partial charge in [-0.2, -0.15) is 4.39 Å². The zero-order chi connectivity index (χ0) is 14.7. The lowest BCUT2D eigenvalue weighted by atomic mass is 10.0. The second kappa shape index (κ2) is 5.52. The van der Waals surface area contributed by atoms with Crippen molar-refractivity contribution in [1.29, 1.82) is 0 Å². The summed E-state index contributed by atoms with van der Waals surface area (Å²) in [5.74, 6) is -1.49. The number of hydrogen-bond acceptors (Lipinski definition) is 4. The van der Waals surface area contributed by atoms with Gasteiger partial charge in [0.1, 0.15) is 0 Å². The predicted octanol–water partition coefficient (Wildman–Crippen LogP) is 2.91. The molecule has 0 unspecified atom stereocenters. The third-order valence-corrected chi connectivity index (χ3v) is 2.70. The lowest BCUT2D eigenvalue weighted by Gasteiger charge is -2.04. The monoisotopic (exact) mass is 278 g/mol. The summed E-state index contributed by atoms with van der Waals surface area (Å²) in [5.41, 5.74) is 0.428. The standard InChI is InChI=1S/C13H11FN2O4/c1-2-20-13(17)10-7-15-6-9(10)8-3-4-12(16(18)19)11(14)5-8/h3-7,15H,2H2,1H3. The molecule has 2 rings (SSSR count). The molecular weight excluding hydrogens is 267 g/mol. The number of carbonyl (C=O) groups excluding carboxylic acids is 1. The van der Waals surface area contributed by atoms with E-state index < -0.39 is 22.4 Å². The van der Waals surface area contributed by atoms with Crippen LogP contribution < -0.4 is 0 Å². The van der Waals surface area contributed by atoms with Gasteiger partial charge < -0.3 is 9.72 Å². The summed E-state index contributed by atoms with van der Waals surface area (Å²) in [6.07, 6.45) is 2.94. The first kappa shape index (κ1) is 13.7. The molecule has 0 fully saturated rings. The third-order valence-electron chi connectivity index (χ3n) is 2.70. The predicted molar refractivity (Wildman–Crippen MR) is 68.8 cm³/mol. The number of H-pyrrole nitrogens is 1. The van der Waals surface area contributed by atoms with Gasteiger partial charge in [-0.1, -0.05) is 0 Å². The number of ether oxygens (including phenoxy) is 1. The lowest BCUT2D eigenvalue weighted by molar-refractivity contribution is -0.387. The summed E-state index contributed by atoms with van der Waals surface area (Å²) < 4.78 is 18.5. The van der Waals surface area contributed by atoms with E-state index in [0.29, 0.717) is 11.1 Å². The van der Waals surface area contributed by atoms with Gasteiger partial charge in [0, 0.05) is 24.0 Å². The Morgan fingerprint density at radius 3 is 2.80 bits per heavy atom. The number of carbonyl (C=O) groups is 1. The largest absolute Gasteiger partial charge is 0.462 e. The van der Waals surface area contributed by atoms with E-state index in [1.54, 1.807) is 6.92 Å². The maximum Gasteiger partial charge on any atom is 0.340 e. The van der Waals surface area contributed by atoms with Crippen molar-refractivity contribution in [3.63, 3.8) is 0 Å². The fourth-order valence-electron chi connectivity index (χ4n) is 1.80. The highest BCUT2D eigenvalue weighted by Gasteiger charge is 2.19. The number of nitrogens with zero attached hydrogens (tertiary/aromatic N) is 1. The van der Waals surface area contributed by atoms with Crippen molar-refractivity contribution in [2.45, 2.75) is 6.92 Å². The minimum Gasteiger partial charge on any atom is -0.462 e. The average molecular weight is 278 g/mol. The molecule has 0 radical (unpaired) electrons. The normalized spacial score (nSPS) is 10.3. The van der Waals surface area contributed by atoms with E-state index in [1.165, 1.54) is 18.5 Å². The highest BCUT2D eigenvalue weighted by Crippen LogP contribution is 2.28. The van der Waals surface area contributed by atoms with Crippen LogP contribution >= 0.6 is 0 Å². The third kappa shape index (κ3) is 2.51. The highest BCUT2D eigenvalue weighted by atomic mass is 19.1. The van der Waals surface area contributed by atoms with Crippen LogP contribution in [0.5, 0.6) is 0 Å². The molecule has 0 spiro atoms. The Bertz CT molecular complexity index is 666. The molecule has 2 aromatic rings. The molecular formula is C13H11FN2O4. The molecule has 20 heavy (non-hydrogen) atoms. The second-order valence-corrected chi connectivity index (χ2v) is 3.93. The van der Waals surface area contributed by atoms with Crippen LogP contribution in [0.25, 0.3) is 11.1 Å². The molecule has 1 N–H and O–H groups in total. The second-order valence-electron chi connectivity index (χ2n) is 3.93. The number of nitro groups is 1. The smallest absolute Gasteiger partial charge is 0.340 e. The topological polar surface area (TPSA) is 85.2 Å². The molecule has 0 aliphatic carbocycles. The highest BCUT2D eigenvalue weighted by molar-refractivity contribution is 5.97. The van der Waals surface area contributed by atoms with Crippen LogP contribution in [0, 0.1) is 15.9 Å². The van der Waals surface area contributed by atoms with Crippen molar-refractivity contribution in [2.75, 3.05) is 6.61 Å². The van der Waals surface area contributed by atoms with Gasteiger partial charge in [-0.05, 0) is 24.6 Å². The Labute approximate surface area is 113 Å². The fraction of sp³-hybridized carbons (Fsp3) is 0.154. The van der Waals surface area contributed by atoms with Crippen molar-refractivity contribution >= 4 is 11.7 Å². The first-order valence-electron chi connectivity index (χ1n) is 5.82. The summed E-state index contributed by atoms with van der Waals surface area (Å²) in [4.78, 5) is 24.2. The van der Waals surface area contributed by atoms with E-state index in [-0.39, 0.29) is 12.2 Å². The number of benzene rings is 1. The van der Waals surface area contributed by atoms with E-state index in [4.69, 9.17) is 4.74 Å². The molecule has 1 heterocycles. The van der Waals surface area contributed by atoms with Crippen LogP contribution in [0.15, 0.2) is 30.6 Å². The number of rotatable bonds is 4. The number of aromatic amines is 1. The summed E-state index contributed by atoms with van der Waals surface area (Å²) in [7, 11) is 0. The van der Waals surface area contributed by atoms with Gasteiger partial charge in [0.25, 0.3) is 0 Å². The molecule has 0 aliphatic rings. The van der Waals surface area contributed by atoms with E-state index in [1.807, 2.05) is 0 Å². The van der Waals surface area contributed by atoms with Crippen LogP contribution in [0.4, 0.5) is 10.1 Å². The SMILES string of the molecule is CCOC(=O)c1c[nH]cc1-c1ccc([N+](=O)[O-])c(F)c1. The Morgan fingerprint density at radius 1 is 1.45 bits per heavy atom. The first-order valence-corrected chi connectivity index (χ1v) is 5.82. The Kier molecular flexibility index (Phi) is 3.79. The number of nitrogens with one attached hydrogen (secondary N) is 1. The molecule has 1 aromatic heterocycles. The van der Waals surface area contributed by atoms with Crippen LogP contribution in [0.3, 0.4) is 0 Å². The van der Waals surface area contributed by atoms with E-state index in [2.05, 4.69) is 4.98 Å². The van der Waals surface area contributed by atoms with E-state index in [0.717, 1.165) is 12.1 Å². The average Bonchev–Trinajstić information content (AvgIpc) is 2.87. The first-order chi connectivity index (χ1) is 9.54. The van der Waals surface area contributed by atoms with Crippen LogP contribution in [0.1, 0.15) is 17.3 Å². The lowest BCUT2D eigenvalue weighted by Crippen LogP contribution is -2.04. The van der Waals surface area contributed by atoms with Gasteiger partial charge >= 0.3 is 11.7 Å². The molecule has 6 nitrogen and oxygen atoms in total. The minimum absolute atomic E-state index is 0.220. The number of aromatic nitrogens is 1. The number of halogens is 1. The summed E-state index contributed by atoms with van der Waals surface area (Å²) in [6.45, 7) is 1.90. The summed E-state index contributed by atoms with van der Waals surface area (Å²) in [6, 6.07) is 3.46. The van der Waals surface area contributed by atoms with E-state index >= 15 is 0 Å². The van der Waals surface area contributed by atoms with Crippen LogP contribution in [-0.4, -0.2) is 22.5 Å². The van der Waals surface area contributed by atoms with Gasteiger partial charge in [0.05, 0.1) is 17.1 Å². The van der Waals surface area contributed by atoms with Crippen LogP contribution in [-0.2, 0) is 4.74 Å². The molecule has 0 amide bonds. The molecule has 0 aliphatic heterocycles. The molecule has 7 heteroatoms. The Hall–Kier alpha value is -2.70. The Balaban J connectivity index is 2.43. The van der Waals surface area contributed by atoms with Crippen molar-refractivity contribution in [3.8, 4) is 11.1 Å². The number of esters is 1. The van der Waals surface area contributed by atoms with Crippen molar-refractivity contribution in [2.24, 2.45) is 0 Å². The summed E-state index contributed by atoms with van der Waals surface area (Å²) >= 11 is 0. The number of nitro benzene ring substituents is 1. The van der Waals surface area contributed by atoms with Crippen LogP contribution in [0.2, 0.25) is 0 Å². The molecule has 0 atom stereocenters. The van der Waals surface area contributed by atoms with E-state index in [9.17, 15) is 19.3 Å². The zero-order valence-corrected chi connectivity index (χ0v) is 10.6. The van der Waals surface area contributed by atoms with Crippen molar-refractivity contribution in [3.05, 3.63) is 52.1 Å². The molecule has 0 saturated heterocycles. The summed E-state index contributed by atoms with van der Waals surface area (Å²) in [5, 5.41) is 10.6. The fourth-order valence-corrected chi connectivity index (χ4v) is 1.80. The van der Waals surface area contributed by atoms with Crippen molar-refractivity contribution in [1.82, 2.24) is 4.98 Å². The maximum absolute atomic E-state index is 13.6. The quantitative estimate of drug-likeness (QED) is 0.529. The maximum atomic E-state index is 13.6. The number of hydrogen-bond donors (Lipinski definition) is 1. The molecule has 104 valence electrons. The zero-order valence-electron chi connectivity index (χ0n) is 10.6. The van der Waals surface area contributed by atoms with Crippen molar-refractivity contribution < 1.29 is 18.8 Å². The van der Waals surface area contributed by atoms with Gasteiger partial charge in [-0.3, -0.25) is 10.1 Å². The van der Waals surface area contributed by atoms with Gasteiger partial charge in [-0.25, -0.2) is 4.79 Å². The molecule has 1 aromatic carbocycles.